The molecule has 1 aromatic carbocycles. The lowest BCUT2D eigenvalue weighted by Gasteiger charge is -2.27. The fourth-order valence-corrected chi connectivity index (χ4v) is 3.17. The molecule has 0 aromatic heterocycles. The van der Waals surface area contributed by atoms with Crippen LogP contribution in [0.1, 0.15) is 62.2 Å². The third kappa shape index (κ3) is 4.58. The smallest absolute Gasteiger partial charge is 0.248 e. The summed E-state index contributed by atoms with van der Waals surface area (Å²) in [5.41, 5.74) is 6.38. The van der Waals surface area contributed by atoms with Gasteiger partial charge in [0.2, 0.25) is 11.8 Å². The first kappa shape index (κ1) is 16.5. The molecule has 2 rings (SSSR count). The van der Waals surface area contributed by atoms with Crippen LogP contribution in [-0.2, 0) is 4.79 Å². The van der Waals surface area contributed by atoms with E-state index in [0.29, 0.717) is 5.56 Å². The van der Waals surface area contributed by atoms with Crippen LogP contribution in [0, 0.1) is 11.8 Å². The van der Waals surface area contributed by atoms with Gasteiger partial charge in [-0.1, -0.05) is 26.2 Å². The highest BCUT2D eigenvalue weighted by atomic mass is 16.2. The predicted octanol–water partition coefficient (Wildman–Crippen LogP) is 3.72. The Kier molecular flexibility index (Phi) is 5.99. The van der Waals surface area contributed by atoms with Crippen LogP contribution in [-0.4, -0.2) is 11.8 Å². The van der Waals surface area contributed by atoms with Crippen molar-refractivity contribution in [3.63, 3.8) is 0 Å². The van der Waals surface area contributed by atoms with Gasteiger partial charge in [-0.05, 0) is 55.9 Å². The van der Waals surface area contributed by atoms with Gasteiger partial charge in [-0.15, -0.1) is 0 Å². The Morgan fingerprint density at radius 1 is 1.14 bits per heavy atom. The molecule has 1 saturated carbocycles. The van der Waals surface area contributed by atoms with Crippen LogP contribution >= 0.6 is 0 Å². The zero-order valence-electron chi connectivity index (χ0n) is 13.3. The number of anilines is 1. The minimum atomic E-state index is -0.455. The van der Waals surface area contributed by atoms with E-state index in [2.05, 4.69) is 12.2 Å². The Morgan fingerprint density at radius 2 is 1.77 bits per heavy atom. The fraction of sp³-hybridized carbons (Fsp3) is 0.556. The summed E-state index contributed by atoms with van der Waals surface area (Å²) in [4.78, 5) is 23.3. The number of primary amides is 1. The number of benzene rings is 1. The summed E-state index contributed by atoms with van der Waals surface area (Å²) in [5, 5.41) is 2.94. The van der Waals surface area contributed by atoms with Crippen molar-refractivity contribution < 1.29 is 9.59 Å². The Bertz CT molecular complexity index is 502. The summed E-state index contributed by atoms with van der Waals surface area (Å²) in [6.45, 7) is 2.22. The van der Waals surface area contributed by atoms with E-state index in [-0.39, 0.29) is 11.8 Å². The molecule has 3 N–H and O–H groups in total. The molecular weight excluding hydrogens is 276 g/mol. The van der Waals surface area contributed by atoms with Crippen molar-refractivity contribution >= 4 is 17.5 Å². The topological polar surface area (TPSA) is 72.2 Å². The van der Waals surface area contributed by atoms with Crippen molar-refractivity contribution in [3.8, 4) is 0 Å². The summed E-state index contributed by atoms with van der Waals surface area (Å²) in [5.74, 6) is 0.566. The van der Waals surface area contributed by atoms with Crippen LogP contribution in [0.3, 0.4) is 0 Å². The predicted molar refractivity (Wildman–Crippen MR) is 88.6 cm³/mol. The second-order valence-corrected chi connectivity index (χ2v) is 6.29. The van der Waals surface area contributed by atoms with Crippen molar-refractivity contribution in [3.05, 3.63) is 29.8 Å². The van der Waals surface area contributed by atoms with E-state index in [9.17, 15) is 9.59 Å². The molecule has 4 nitrogen and oxygen atoms in total. The Balaban J connectivity index is 1.81. The minimum absolute atomic E-state index is 0.0979. The zero-order valence-corrected chi connectivity index (χ0v) is 13.3. The lowest BCUT2D eigenvalue weighted by atomic mass is 9.79. The van der Waals surface area contributed by atoms with Crippen molar-refractivity contribution in [1.29, 1.82) is 0 Å². The molecule has 1 aromatic rings. The zero-order chi connectivity index (χ0) is 15.9. The average Bonchev–Trinajstić information content (AvgIpc) is 2.54. The first-order valence-electron chi connectivity index (χ1n) is 8.31. The number of hydrogen-bond donors (Lipinski definition) is 2. The Hall–Kier alpha value is -1.84. The SMILES string of the molecule is CCCCC1CCC(C(=O)Nc2ccc(C(N)=O)cc2)CC1. The molecule has 0 heterocycles. The highest BCUT2D eigenvalue weighted by Gasteiger charge is 2.25. The van der Waals surface area contributed by atoms with Gasteiger partial charge in [0.05, 0.1) is 0 Å². The minimum Gasteiger partial charge on any atom is -0.366 e. The molecule has 0 spiro atoms. The molecule has 1 fully saturated rings. The largest absolute Gasteiger partial charge is 0.366 e. The standard InChI is InChI=1S/C18H26N2O2/c1-2-3-4-13-5-7-15(8-6-13)18(22)20-16-11-9-14(10-12-16)17(19)21/h9-13,15H,2-8H2,1H3,(H2,19,21)(H,20,22). The molecule has 4 heteroatoms. The summed E-state index contributed by atoms with van der Waals surface area (Å²) >= 11 is 0. The lowest BCUT2D eigenvalue weighted by molar-refractivity contribution is -0.121. The summed E-state index contributed by atoms with van der Waals surface area (Å²) in [6.07, 6.45) is 8.16. The fourth-order valence-electron chi connectivity index (χ4n) is 3.17. The Morgan fingerprint density at radius 3 is 2.32 bits per heavy atom. The molecule has 0 bridgehead atoms. The van der Waals surface area contributed by atoms with Gasteiger partial charge in [-0.2, -0.15) is 0 Å². The van der Waals surface area contributed by atoms with Gasteiger partial charge in [0.25, 0.3) is 0 Å². The van der Waals surface area contributed by atoms with E-state index < -0.39 is 5.91 Å². The third-order valence-corrected chi connectivity index (χ3v) is 4.62. The number of unbranched alkanes of at least 4 members (excludes halogenated alkanes) is 1. The molecule has 1 aliphatic rings. The molecule has 2 amide bonds. The number of rotatable bonds is 6. The normalized spacial score (nSPS) is 21.3. The average molecular weight is 302 g/mol. The number of amides is 2. The highest BCUT2D eigenvalue weighted by molar-refractivity contribution is 5.95. The van der Waals surface area contributed by atoms with Crippen molar-refractivity contribution in [2.75, 3.05) is 5.32 Å². The van der Waals surface area contributed by atoms with Crippen molar-refractivity contribution in [2.24, 2.45) is 17.6 Å². The molecule has 0 unspecified atom stereocenters. The first-order chi connectivity index (χ1) is 10.6. The Labute approximate surface area is 132 Å². The molecule has 22 heavy (non-hydrogen) atoms. The lowest BCUT2D eigenvalue weighted by Crippen LogP contribution is -2.27. The van der Waals surface area contributed by atoms with Crippen LogP contribution in [0.4, 0.5) is 5.69 Å². The second kappa shape index (κ2) is 7.97. The van der Waals surface area contributed by atoms with Gasteiger partial charge in [0.15, 0.2) is 0 Å². The van der Waals surface area contributed by atoms with Gasteiger partial charge in [-0.3, -0.25) is 9.59 Å². The number of hydrogen-bond acceptors (Lipinski definition) is 2. The van der Waals surface area contributed by atoms with E-state index in [4.69, 9.17) is 5.73 Å². The van der Waals surface area contributed by atoms with Gasteiger partial charge in [0.1, 0.15) is 0 Å². The van der Waals surface area contributed by atoms with Gasteiger partial charge < -0.3 is 11.1 Å². The van der Waals surface area contributed by atoms with E-state index in [1.165, 1.54) is 32.1 Å². The maximum Gasteiger partial charge on any atom is 0.248 e. The highest BCUT2D eigenvalue weighted by Crippen LogP contribution is 2.32. The van der Waals surface area contributed by atoms with Crippen LogP contribution in [0.5, 0.6) is 0 Å². The molecule has 0 radical (unpaired) electrons. The van der Waals surface area contributed by atoms with E-state index in [1.54, 1.807) is 24.3 Å². The number of carbonyl (C=O) groups is 2. The van der Waals surface area contributed by atoms with E-state index >= 15 is 0 Å². The van der Waals surface area contributed by atoms with E-state index in [0.717, 1.165) is 24.4 Å². The first-order valence-corrected chi connectivity index (χ1v) is 8.31. The monoisotopic (exact) mass is 302 g/mol. The number of nitrogens with two attached hydrogens (primary N) is 1. The van der Waals surface area contributed by atoms with Crippen molar-refractivity contribution in [1.82, 2.24) is 0 Å². The second-order valence-electron chi connectivity index (χ2n) is 6.29. The molecule has 120 valence electrons. The summed E-state index contributed by atoms with van der Waals surface area (Å²) in [6, 6.07) is 6.73. The molecule has 0 atom stereocenters. The van der Waals surface area contributed by atoms with Crippen molar-refractivity contribution in [2.45, 2.75) is 51.9 Å². The number of carbonyl (C=O) groups excluding carboxylic acids is 2. The quantitative estimate of drug-likeness (QED) is 0.840. The molecule has 1 aliphatic carbocycles. The maximum absolute atomic E-state index is 12.3. The third-order valence-electron chi connectivity index (χ3n) is 4.62. The summed E-state index contributed by atoms with van der Waals surface area (Å²) < 4.78 is 0. The van der Waals surface area contributed by atoms with Crippen LogP contribution in [0.15, 0.2) is 24.3 Å². The van der Waals surface area contributed by atoms with Gasteiger partial charge >= 0.3 is 0 Å². The van der Waals surface area contributed by atoms with Crippen LogP contribution in [0.2, 0.25) is 0 Å². The van der Waals surface area contributed by atoms with Crippen LogP contribution in [0.25, 0.3) is 0 Å². The molecule has 0 saturated heterocycles. The van der Waals surface area contributed by atoms with Crippen LogP contribution < -0.4 is 11.1 Å². The maximum atomic E-state index is 12.3. The van der Waals surface area contributed by atoms with E-state index in [1.807, 2.05) is 0 Å². The van der Waals surface area contributed by atoms with Gasteiger partial charge in [0, 0.05) is 17.2 Å². The number of nitrogens with one attached hydrogen (secondary N) is 1. The van der Waals surface area contributed by atoms with Gasteiger partial charge in [-0.25, -0.2) is 0 Å². The molecule has 0 aliphatic heterocycles. The summed E-state index contributed by atoms with van der Waals surface area (Å²) in [7, 11) is 0. The molecular formula is C18H26N2O2.